The van der Waals surface area contributed by atoms with E-state index in [1.165, 1.54) is 0 Å². The zero-order valence-corrected chi connectivity index (χ0v) is 9.47. The van der Waals surface area contributed by atoms with E-state index in [4.69, 9.17) is 16.3 Å². The highest BCUT2D eigenvalue weighted by Crippen LogP contribution is 2.24. The van der Waals surface area contributed by atoms with Crippen LogP contribution in [-0.4, -0.2) is 12.6 Å². The molecule has 0 aliphatic heterocycles. The number of halogens is 2. The zero-order valence-electron chi connectivity index (χ0n) is 7.13. The Balaban J connectivity index is 2.80. The first kappa shape index (κ1) is 11.3. The number of carbonyl (C=O) groups excluding carboxylic acids is 1. The maximum Gasteiger partial charge on any atom is 0.128 e. The van der Waals surface area contributed by atoms with E-state index in [0.29, 0.717) is 5.75 Å². The van der Waals surface area contributed by atoms with Crippen molar-refractivity contribution >= 4 is 33.5 Å². The van der Waals surface area contributed by atoms with Gasteiger partial charge in [0.2, 0.25) is 0 Å². The second kappa shape index (κ2) is 5.22. The van der Waals surface area contributed by atoms with Crippen molar-refractivity contribution in [3.8, 4) is 5.75 Å². The summed E-state index contributed by atoms with van der Waals surface area (Å²) in [6.45, 7) is -0.467. The highest BCUT2D eigenvalue weighted by Gasteiger charge is 2.03. The number of aliphatic carboxylic acids is 1. The SMILES string of the molecule is O=C([O-])COc1ccc(Br)cc1CCl. The highest BCUT2D eigenvalue weighted by atomic mass is 79.9. The molecule has 3 nitrogen and oxygen atoms in total. The van der Waals surface area contributed by atoms with Crippen LogP contribution in [0.4, 0.5) is 0 Å². The Kier molecular flexibility index (Phi) is 4.22. The molecular weight excluding hydrogens is 271 g/mol. The van der Waals surface area contributed by atoms with Crippen LogP contribution < -0.4 is 9.84 Å². The number of carboxylic acid groups (broad SMARTS) is 1. The van der Waals surface area contributed by atoms with Gasteiger partial charge in [-0.15, -0.1) is 11.6 Å². The maximum atomic E-state index is 10.2. The highest BCUT2D eigenvalue weighted by molar-refractivity contribution is 9.10. The normalized spacial score (nSPS) is 9.86. The van der Waals surface area contributed by atoms with Gasteiger partial charge in [-0.05, 0) is 18.2 Å². The van der Waals surface area contributed by atoms with Crippen LogP contribution in [0.15, 0.2) is 22.7 Å². The molecule has 0 amide bonds. The van der Waals surface area contributed by atoms with Crippen LogP contribution in [0.1, 0.15) is 5.56 Å². The Morgan fingerprint density at radius 1 is 1.57 bits per heavy atom. The van der Waals surface area contributed by atoms with Crippen molar-refractivity contribution in [3.63, 3.8) is 0 Å². The third-order valence-corrected chi connectivity index (χ3v) is 2.29. The van der Waals surface area contributed by atoms with Gasteiger partial charge in [0.05, 0.1) is 11.8 Å². The molecular formula is C9H7BrClO3-. The summed E-state index contributed by atoms with van der Waals surface area (Å²) >= 11 is 8.93. The number of carbonyl (C=O) groups is 1. The molecule has 0 unspecified atom stereocenters. The fourth-order valence-corrected chi connectivity index (χ4v) is 1.55. The smallest absolute Gasteiger partial charge is 0.128 e. The van der Waals surface area contributed by atoms with Crippen LogP contribution in [0.2, 0.25) is 0 Å². The number of hydrogen-bond donors (Lipinski definition) is 0. The average Bonchev–Trinajstić information content (AvgIpc) is 2.15. The molecule has 0 N–H and O–H groups in total. The van der Waals surface area contributed by atoms with Crippen molar-refractivity contribution in [3.05, 3.63) is 28.2 Å². The molecule has 0 aromatic heterocycles. The minimum Gasteiger partial charge on any atom is -0.546 e. The Morgan fingerprint density at radius 3 is 2.86 bits per heavy atom. The molecule has 76 valence electrons. The van der Waals surface area contributed by atoms with E-state index < -0.39 is 12.6 Å². The van der Waals surface area contributed by atoms with E-state index in [-0.39, 0.29) is 5.88 Å². The molecule has 1 aromatic rings. The van der Waals surface area contributed by atoms with Crippen LogP contribution in [-0.2, 0) is 10.7 Å². The summed E-state index contributed by atoms with van der Waals surface area (Å²) < 4.78 is 5.85. The van der Waals surface area contributed by atoms with Crippen LogP contribution in [0.25, 0.3) is 0 Å². The van der Waals surface area contributed by atoms with Gasteiger partial charge >= 0.3 is 0 Å². The largest absolute Gasteiger partial charge is 0.546 e. The van der Waals surface area contributed by atoms with Gasteiger partial charge in [0, 0.05) is 10.0 Å². The summed E-state index contributed by atoms with van der Waals surface area (Å²) in [6, 6.07) is 5.18. The lowest BCUT2D eigenvalue weighted by molar-refractivity contribution is -0.307. The number of alkyl halides is 1. The van der Waals surface area contributed by atoms with Gasteiger partial charge in [-0.2, -0.15) is 0 Å². The van der Waals surface area contributed by atoms with Crippen LogP contribution in [0.5, 0.6) is 5.75 Å². The van der Waals surface area contributed by atoms with Crippen LogP contribution >= 0.6 is 27.5 Å². The van der Waals surface area contributed by atoms with Gasteiger partial charge in [-0.25, -0.2) is 0 Å². The molecule has 14 heavy (non-hydrogen) atoms. The lowest BCUT2D eigenvalue weighted by atomic mass is 10.2. The fourth-order valence-electron chi connectivity index (χ4n) is 0.930. The van der Waals surface area contributed by atoms with Gasteiger partial charge in [-0.3, -0.25) is 0 Å². The fraction of sp³-hybridized carbons (Fsp3) is 0.222. The van der Waals surface area contributed by atoms with Gasteiger partial charge < -0.3 is 14.6 Å². The second-order valence-corrected chi connectivity index (χ2v) is 3.73. The molecule has 0 heterocycles. The summed E-state index contributed by atoms with van der Waals surface area (Å²) in [4.78, 5) is 10.2. The minimum absolute atomic E-state index is 0.266. The van der Waals surface area contributed by atoms with E-state index in [0.717, 1.165) is 10.0 Å². The van der Waals surface area contributed by atoms with Crippen molar-refractivity contribution in [2.75, 3.05) is 6.61 Å². The van der Waals surface area contributed by atoms with E-state index in [1.807, 2.05) is 0 Å². The lowest BCUT2D eigenvalue weighted by Gasteiger charge is -2.10. The summed E-state index contributed by atoms with van der Waals surface area (Å²) in [5.41, 5.74) is 0.738. The Bertz CT molecular complexity index is 341. The standard InChI is InChI=1S/C9H8BrClO3/c10-7-1-2-8(6(3-7)4-11)14-5-9(12)13/h1-3H,4-5H2,(H,12,13)/p-1. The molecule has 0 atom stereocenters. The average molecular weight is 279 g/mol. The first-order chi connectivity index (χ1) is 6.63. The van der Waals surface area contributed by atoms with Gasteiger partial charge in [-0.1, -0.05) is 15.9 Å². The molecule has 1 aromatic carbocycles. The molecule has 1 rings (SSSR count). The summed E-state index contributed by atoms with van der Waals surface area (Å²) in [6.07, 6.45) is 0. The molecule has 0 saturated heterocycles. The molecule has 0 fully saturated rings. The Hall–Kier alpha value is -0.740. The van der Waals surface area contributed by atoms with Gasteiger partial charge in [0.15, 0.2) is 0 Å². The predicted molar refractivity (Wildman–Crippen MR) is 54.2 cm³/mol. The van der Waals surface area contributed by atoms with Crippen molar-refractivity contribution < 1.29 is 14.6 Å². The van der Waals surface area contributed by atoms with Gasteiger partial charge in [0.25, 0.3) is 0 Å². The number of hydrogen-bond acceptors (Lipinski definition) is 3. The Labute approximate surface area is 94.8 Å². The molecule has 5 heteroatoms. The summed E-state index contributed by atoms with van der Waals surface area (Å²) in [5, 5.41) is 10.2. The predicted octanol–water partition coefficient (Wildman–Crippen LogP) is 1.32. The van der Waals surface area contributed by atoms with Gasteiger partial charge in [0.1, 0.15) is 12.4 Å². The van der Waals surface area contributed by atoms with Crippen LogP contribution in [0, 0.1) is 0 Å². The lowest BCUT2D eigenvalue weighted by Crippen LogP contribution is -2.29. The monoisotopic (exact) mass is 277 g/mol. The number of rotatable bonds is 4. The third-order valence-electron chi connectivity index (χ3n) is 1.51. The summed E-state index contributed by atoms with van der Waals surface area (Å²) in [7, 11) is 0. The van der Waals surface area contributed by atoms with Crippen molar-refractivity contribution in [1.29, 1.82) is 0 Å². The zero-order chi connectivity index (χ0) is 10.6. The molecule has 0 saturated carbocycles. The third kappa shape index (κ3) is 3.20. The summed E-state index contributed by atoms with van der Waals surface area (Å²) in [5.74, 6) is -0.525. The topological polar surface area (TPSA) is 49.4 Å². The molecule has 0 aliphatic rings. The second-order valence-electron chi connectivity index (χ2n) is 2.55. The minimum atomic E-state index is -1.26. The number of benzene rings is 1. The van der Waals surface area contributed by atoms with E-state index in [1.54, 1.807) is 18.2 Å². The molecule has 0 radical (unpaired) electrons. The van der Waals surface area contributed by atoms with Crippen LogP contribution in [0.3, 0.4) is 0 Å². The van der Waals surface area contributed by atoms with Crippen molar-refractivity contribution in [2.45, 2.75) is 5.88 Å². The molecule has 0 aliphatic carbocycles. The van der Waals surface area contributed by atoms with Crippen molar-refractivity contribution in [2.24, 2.45) is 0 Å². The Morgan fingerprint density at radius 2 is 2.29 bits per heavy atom. The van der Waals surface area contributed by atoms with E-state index >= 15 is 0 Å². The van der Waals surface area contributed by atoms with Crippen molar-refractivity contribution in [1.82, 2.24) is 0 Å². The maximum absolute atomic E-state index is 10.2. The quantitative estimate of drug-likeness (QED) is 0.781. The first-order valence-corrected chi connectivity index (χ1v) is 5.13. The van der Waals surface area contributed by atoms with E-state index in [2.05, 4.69) is 15.9 Å². The van der Waals surface area contributed by atoms with E-state index in [9.17, 15) is 9.90 Å². The molecule has 0 spiro atoms. The molecule has 0 bridgehead atoms. The first-order valence-electron chi connectivity index (χ1n) is 3.80. The number of carboxylic acids is 1. The number of ether oxygens (including phenoxy) is 1.